The minimum absolute atomic E-state index is 0.0194. The number of rotatable bonds is 4. The highest BCUT2D eigenvalue weighted by atomic mass is 16.7. The second kappa shape index (κ2) is 34.3. The van der Waals surface area contributed by atoms with Crippen molar-refractivity contribution in [1.29, 1.82) is 0 Å². The molecule has 0 aliphatic carbocycles. The number of aromatic nitrogens is 3. The monoisotopic (exact) mass is 1650 g/mol. The van der Waals surface area contributed by atoms with Crippen LogP contribution in [0.15, 0.2) is 117 Å². The molecule has 28 nitrogen and oxygen atoms in total. The van der Waals surface area contributed by atoms with Gasteiger partial charge in [0.15, 0.2) is 28.2 Å². The number of phenolic OH excluding ortho intramolecular Hbond substituents is 3. The molecule has 5 aromatic carbocycles. The molecule has 3 aromatic heterocycles. The van der Waals surface area contributed by atoms with Gasteiger partial charge >= 0.3 is 17.5 Å². The number of allylic oxidation sites excluding steroid dienone is 6. The summed E-state index contributed by atoms with van der Waals surface area (Å²) in [6.45, 7) is 38.5. The van der Waals surface area contributed by atoms with Gasteiger partial charge < -0.3 is 89.6 Å². The fourth-order valence-electron chi connectivity index (χ4n) is 17.1. The summed E-state index contributed by atoms with van der Waals surface area (Å²) in [4.78, 5) is 97.6. The molecule has 2 amide bonds. The number of aryl methyl sites for hydroxylation is 1. The number of aromatic hydroxyl groups is 3. The highest BCUT2D eigenvalue weighted by molar-refractivity contribution is 6.28. The topological polar surface area (TPSA) is 405 Å². The van der Waals surface area contributed by atoms with Gasteiger partial charge in [-0.25, -0.2) is 9.97 Å². The molecule has 10 heterocycles. The Morgan fingerprint density at radius 2 is 1.12 bits per heavy atom. The number of aliphatic hydroxyl groups is 6. The van der Waals surface area contributed by atoms with Crippen LogP contribution in [0.1, 0.15) is 145 Å². The fraction of sp³-hybridized carbons (Fsp3) is 0.478. The predicted molar refractivity (Wildman–Crippen MR) is 459 cm³/mol. The van der Waals surface area contributed by atoms with E-state index in [2.05, 4.69) is 34.3 Å². The number of aliphatic hydroxyl groups excluding tert-OH is 6. The number of nitrogens with zero attached hydrogens (tertiary/aromatic N) is 5. The summed E-state index contributed by atoms with van der Waals surface area (Å²) in [5, 5.41) is 109. The maximum atomic E-state index is 14.9. The number of ketones is 1. The van der Waals surface area contributed by atoms with Gasteiger partial charge in [-0.05, 0) is 94.1 Å². The van der Waals surface area contributed by atoms with Crippen LogP contribution in [0.2, 0.25) is 0 Å². The van der Waals surface area contributed by atoms with Crippen LogP contribution < -0.4 is 41.1 Å². The van der Waals surface area contributed by atoms with E-state index < -0.39 is 141 Å². The number of hydrogen-bond donors (Lipinski definition) is 11. The van der Waals surface area contributed by atoms with Gasteiger partial charge in [0.25, 0.3) is 17.6 Å². The number of esters is 1. The van der Waals surface area contributed by atoms with Crippen molar-refractivity contribution < 1.29 is 93.2 Å². The van der Waals surface area contributed by atoms with Crippen LogP contribution in [0, 0.1) is 85.9 Å². The minimum atomic E-state index is -1.93. The average molecular weight is 1650 g/mol. The number of piperazine rings is 1. The van der Waals surface area contributed by atoms with E-state index in [-0.39, 0.29) is 129 Å². The molecule has 7 aliphatic rings. The predicted octanol–water partition coefficient (Wildman–Crippen LogP) is 12.2. The number of pyridine rings is 1. The van der Waals surface area contributed by atoms with Gasteiger partial charge in [0.05, 0.1) is 64.6 Å². The van der Waals surface area contributed by atoms with E-state index in [1.807, 2.05) is 46.8 Å². The molecule has 7 aliphatic heterocycles. The number of nitrogens with one attached hydrogen (secondary N) is 2. The number of carbonyl (C=O) groups is 4. The van der Waals surface area contributed by atoms with Crippen LogP contribution in [0.5, 0.6) is 28.7 Å². The van der Waals surface area contributed by atoms with E-state index in [1.165, 1.54) is 59.3 Å². The molecule has 0 spiro atoms. The molecular weight excluding hydrogens is 1540 g/mol. The number of hydrogen-bond acceptors (Lipinski definition) is 25. The van der Waals surface area contributed by atoms with E-state index in [0.29, 0.717) is 35.9 Å². The quantitative estimate of drug-likeness (QED) is 0.0337. The smallest absolute Gasteiger partial charge is 0.312 e. The van der Waals surface area contributed by atoms with Gasteiger partial charge in [-0.2, -0.15) is 0 Å². The van der Waals surface area contributed by atoms with Crippen molar-refractivity contribution >= 4 is 107 Å². The van der Waals surface area contributed by atoms with Crippen molar-refractivity contribution in [2.24, 2.45) is 65.1 Å². The van der Waals surface area contributed by atoms with Crippen LogP contribution in [0.25, 0.3) is 66.2 Å². The largest absolute Gasteiger partial charge is 0.507 e. The summed E-state index contributed by atoms with van der Waals surface area (Å²) < 4.78 is 38.7. The van der Waals surface area contributed by atoms with Crippen LogP contribution in [0.3, 0.4) is 0 Å². The number of Topliss-reactive ketones (excluding diaryl/α,β-unsaturated/α-hetero) is 1. The Morgan fingerprint density at radius 1 is 0.583 bits per heavy atom. The van der Waals surface area contributed by atoms with Gasteiger partial charge in [0.1, 0.15) is 62.7 Å². The first-order valence-electron chi connectivity index (χ1n) is 41.1. The Hall–Kier alpha value is -10.9. The van der Waals surface area contributed by atoms with E-state index in [1.54, 1.807) is 115 Å². The molecule has 0 unspecified atom stereocenters. The Morgan fingerprint density at radius 3 is 1.71 bits per heavy atom. The number of benzene rings is 5. The molecule has 642 valence electrons. The number of amides is 2. The zero-order valence-electron chi connectivity index (χ0n) is 71.7. The average Bonchev–Trinajstić information content (AvgIpc) is 1.48. The first kappa shape index (κ1) is 88.4. The Balaban J connectivity index is 0.000000226. The first-order valence-corrected chi connectivity index (χ1v) is 41.1. The summed E-state index contributed by atoms with van der Waals surface area (Å²) in [5.41, 5.74) is 1.18. The molecule has 15 rings (SSSR count). The maximum Gasteiger partial charge on any atom is 0.312 e. The van der Waals surface area contributed by atoms with Crippen LogP contribution in [0.4, 0.5) is 17.1 Å². The number of carbonyl (C=O) groups excluding carboxylic acids is 4. The fourth-order valence-corrected chi connectivity index (χ4v) is 17.1. The van der Waals surface area contributed by atoms with Crippen molar-refractivity contribution in [3.63, 3.8) is 0 Å². The number of phenols is 3. The van der Waals surface area contributed by atoms with Crippen LogP contribution >= 0.6 is 0 Å². The molecule has 28 heteroatoms. The summed E-state index contributed by atoms with van der Waals surface area (Å²) in [7, 11) is 0. The minimum Gasteiger partial charge on any atom is -0.507 e. The summed E-state index contributed by atoms with van der Waals surface area (Å²) in [5.74, 6) is -12.2. The van der Waals surface area contributed by atoms with Crippen LogP contribution in [-0.4, -0.2) is 170 Å². The highest BCUT2D eigenvalue weighted by Crippen LogP contribution is 2.55. The van der Waals surface area contributed by atoms with Crippen molar-refractivity contribution in [1.82, 2.24) is 19.3 Å². The molecule has 10 bridgehead atoms. The lowest BCUT2D eigenvalue weighted by molar-refractivity contribution is -0.158. The lowest BCUT2D eigenvalue weighted by Crippen LogP contribution is -2.47. The molecule has 0 saturated carbocycles. The summed E-state index contributed by atoms with van der Waals surface area (Å²) in [6.07, 6.45) is 11.7. The summed E-state index contributed by atoms with van der Waals surface area (Å²) in [6, 6.07) is 6.84. The van der Waals surface area contributed by atoms with Crippen LogP contribution in [-0.2, 0) is 28.6 Å². The molecule has 11 N–H and O–H groups in total. The van der Waals surface area contributed by atoms with Crippen molar-refractivity contribution in [3.05, 3.63) is 151 Å². The number of anilines is 3. The van der Waals surface area contributed by atoms with Gasteiger partial charge in [-0.15, -0.1) is 0 Å². The Labute approximate surface area is 695 Å². The first-order chi connectivity index (χ1) is 56.4. The van der Waals surface area contributed by atoms with E-state index >= 15 is 0 Å². The van der Waals surface area contributed by atoms with E-state index in [9.17, 15) is 74.7 Å². The zero-order chi connectivity index (χ0) is 87.8. The maximum absolute atomic E-state index is 14.9. The lowest BCUT2D eigenvalue weighted by Gasteiger charge is -2.37. The van der Waals surface area contributed by atoms with Gasteiger partial charge in [-0.1, -0.05) is 120 Å². The van der Waals surface area contributed by atoms with Gasteiger partial charge in [0.2, 0.25) is 10.9 Å². The Bertz CT molecular complexity index is 5810. The highest BCUT2D eigenvalue weighted by Gasteiger charge is 2.51. The molecule has 0 radical (unpaired) electrons. The molecule has 1 fully saturated rings. The molecular formula is C92H113N7O21. The van der Waals surface area contributed by atoms with E-state index in [4.69, 9.17) is 38.1 Å². The molecule has 120 heavy (non-hydrogen) atoms. The molecule has 1 saturated heterocycles. The molecule has 18 atom stereocenters. The van der Waals surface area contributed by atoms with Gasteiger partial charge in [-0.3, -0.25) is 38.1 Å². The normalized spacial score (nSPS) is 30.9. The third-order valence-corrected chi connectivity index (χ3v) is 25.4. The van der Waals surface area contributed by atoms with Crippen molar-refractivity contribution in [3.8, 4) is 28.7 Å². The second-order valence-corrected chi connectivity index (χ2v) is 34.5. The van der Waals surface area contributed by atoms with Crippen molar-refractivity contribution in [2.45, 2.75) is 187 Å². The molecule has 8 aromatic rings. The standard InChI is InChI=1S/C51H64N4O12.C41H49N3O9/c1-24(2)23-54-16-18-55(19-17-54)33-21-34(57)39-35(22-33)66-48-40(52-39)36-37-44(60)31(9)47-38(36)49(62)51(11,67-47)64-20-15-25(3)28(6)46(65-32(10)56)30(8)43(59)29(7)42(58)26(4)13-12-14-27(5)50(63)53-41(48)45(37)61;1-18-13-15-44-26(17-18)42-30-27-28-36(48)25(8)38-29(27)39(50)41(9,53-38)52-16-14-19(2)22(5)34(46)24(7)35(47)23(6)33(45)20(3)11-10-12-21(4)40(51)43-31(32(30)44)37(28)49/h12-15,20-22,24-26,28-30,42-43,46,58-60,62H,16-19,23H2,1-11H3,(H,53,63);10-17,19-20,22-24,33-35,45-49H,1-9H3,(H,43,51)/b13-12+,20-15+,27-14-;11-10+,16-14+,21-12-/t25-,26-,28+,29+,30+,42-,43+,46+,51-;19-,20-,22+,23+,24-,33-,34+,35+,41-/m00/s1. The lowest BCUT2D eigenvalue weighted by atomic mass is 9.77. The third kappa shape index (κ3) is 16.3. The number of imidazole rings is 1. The van der Waals surface area contributed by atoms with E-state index in [0.717, 1.165) is 25.2 Å². The SMILES string of the molecule is C/C1=C/C=C/[C@H](C)[C@H](O)[C@@H](C)[C@@H](O)[C@@H](C)[C@H](O)[C@H](C)[C@@H](C)/C=C/O[C@@]2(C)Oc3c(C)c(O)c4c(O)c(c5c(nc6cc(C)ccn65)c4c3C2=O)NC1=O.CC(=O)O[C@H]1[C@H](C)[C@H](O)[C@H](C)[C@@H](O)[C@@H](C)/C=C/C=C(/C)C(=O)Nc2c(=O)c3c(O)c(C)c4c(c3c3nc5c(=O)cc(N6CCN(CC(C)C)CC6)cc5oc23)=C(O)[C@@](C)(O/C=C/[C@H](C)[C@H]1C)O4. The van der Waals surface area contributed by atoms with Gasteiger partial charge in [0, 0.05) is 146 Å². The summed E-state index contributed by atoms with van der Waals surface area (Å²) >= 11 is 0. The number of ether oxygens (including phenoxy) is 5. The third-order valence-electron chi connectivity index (χ3n) is 25.4. The second-order valence-electron chi connectivity index (χ2n) is 34.5. The van der Waals surface area contributed by atoms with Crippen molar-refractivity contribution in [2.75, 3.05) is 48.3 Å². The number of fused-ring (bicyclic) bond motifs is 28. The Kier molecular flexibility index (Phi) is 25.3. The zero-order valence-corrected chi connectivity index (χ0v) is 71.7.